The van der Waals surface area contributed by atoms with Crippen molar-refractivity contribution in [1.82, 2.24) is 0 Å². The number of anilines is 2. The molecule has 2 aromatic carbocycles. The summed E-state index contributed by atoms with van der Waals surface area (Å²) in [5.74, 6) is 1.53. The van der Waals surface area contributed by atoms with Crippen molar-refractivity contribution in [2.45, 2.75) is 58.8 Å². The number of hydrogen-bond donors (Lipinski definition) is 2. The molecule has 0 fully saturated rings. The van der Waals surface area contributed by atoms with Gasteiger partial charge < -0.3 is 20.1 Å². The maximum atomic E-state index is 12.2. The van der Waals surface area contributed by atoms with Crippen LogP contribution in [0.5, 0.6) is 11.5 Å². The summed E-state index contributed by atoms with van der Waals surface area (Å²) in [7, 11) is 0. The summed E-state index contributed by atoms with van der Waals surface area (Å²) < 4.78 is 11.5. The molecule has 30 heavy (non-hydrogen) atoms. The third-order valence-electron chi connectivity index (χ3n) is 4.71. The van der Waals surface area contributed by atoms with Gasteiger partial charge in [0.25, 0.3) is 0 Å². The van der Waals surface area contributed by atoms with E-state index in [0.717, 1.165) is 48.7 Å². The van der Waals surface area contributed by atoms with Crippen LogP contribution in [0.15, 0.2) is 48.5 Å². The highest BCUT2D eigenvalue weighted by Gasteiger charge is 2.04. The Hall–Kier alpha value is -2.69. The van der Waals surface area contributed by atoms with Gasteiger partial charge in [-0.15, -0.1) is 0 Å². The molecule has 2 aromatic rings. The molecule has 2 N–H and O–H groups in total. The standard InChI is InChI=1S/C25H36N2O3/c1-3-5-7-8-9-18-29-23-15-13-21(14-16-23)26-20-25(28)27-22-11-10-12-24(19-22)30-17-6-4-2/h10-16,19,26H,3-9,17-18,20H2,1-2H3,(H,27,28). The third-order valence-corrected chi connectivity index (χ3v) is 4.71. The lowest BCUT2D eigenvalue weighted by molar-refractivity contribution is -0.114. The molecule has 0 saturated carbocycles. The van der Waals surface area contributed by atoms with Crippen LogP contribution in [-0.2, 0) is 4.79 Å². The minimum absolute atomic E-state index is 0.104. The number of ether oxygens (including phenoxy) is 2. The molecule has 0 bridgehead atoms. The number of benzene rings is 2. The van der Waals surface area contributed by atoms with Crippen LogP contribution in [0.1, 0.15) is 58.8 Å². The molecule has 1 amide bonds. The van der Waals surface area contributed by atoms with Crippen LogP contribution in [0.25, 0.3) is 0 Å². The van der Waals surface area contributed by atoms with Crippen molar-refractivity contribution in [3.63, 3.8) is 0 Å². The van der Waals surface area contributed by atoms with E-state index >= 15 is 0 Å². The van der Waals surface area contributed by atoms with Gasteiger partial charge in [0.05, 0.1) is 19.8 Å². The minimum atomic E-state index is -0.104. The van der Waals surface area contributed by atoms with Crippen molar-refractivity contribution in [2.75, 3.05) is 30.4 Å². The molecular formula is C25H36N2O3. The summed E-state index contributed by atoms with van der Waals surface area (Å²) in [4.78, 5) is 12.2. The second-order valence-corrected chi connectivity index (χ2v) is 7.42. The quantitative estimate of drug-likeness (QED) is 0.339. The third kappa shape index (κ3) is 9.68. The smallest absolute Gasteiger partial charge is 0.243 e. The van der Waals surface area contributed by atoms with E-state index in [9.17, 15) is 4.79 Å². The van der Waals surface area contributed by atoms with Gasteiger partial charge in [-0.3, -0.25) is 4.79 Å². The summed E-state index contributed by atoms with van der Waals surface area (Å²) in [6, 6.07) is 15.2. The van der Waals surface area contributed by atoms with Crippen LogP contribution in [0.3, 0.4) is 0 Å². The maximum absolute atomic E-state index is 12.2. The van der Waals surface area contributed by atoms with Crippen molar-refractivity contribution in [3.05, 3.63) is 48.5 Å². The predicted octanol–water partition coefficient (Wildman–Crippen LogP) is 6.27. The Bertz CT molecular complexity index is 731. The van der Waals surface area contributed by atoms with Crippen molar-refractivity contribution < 1.29 is 14.3 Å². The van der Waals surface area contributed by atoms with Crippen LogP contribution in [-0.4, -0.2) is 25.7 Å². The van der Waals surface area contributed by atoms with Crippen molar-refractivity contribution in [3.8, 4) is 11.5 Å². The number of rotatable bonds is 15. The lowest BCUT2D eigenvalue weighted by atomic mass is 10.2. The van der Waals surface area contributed by atoms with Gasteiger partial charge in [0, 0.05) is 17.4 Å². The molecule has 0 saturated heterocycles. The molecule has 0 unspecified atom stereocenters. The Kier molecular flexibility index (Phi) is 11.3. The molecule has 0 aliphatic carbocycles. The van der Waals surface area contributed by atoms with Crippen LogP contribution in [0.4, 0.5) is 11.4 Å². The van der Waals surface area contributed by atoms with Gasteiger partial charge in [0.1, 0.15) is 11.5 Å². The maximum Gasteiger partial charge on any atom is 0.243 e. The fourth-order valence-electron chi connectivity index (χ4n) is 2.95. The molecule has 0 aromatic heterocycles. The number of unbranched alkanes of at least 4 members (excludes halogenated alkanes) is 5. The van der Waals surface area contributed by atoms with Crippen LogP contribution in [0.2, 0.25) is 0 Å². The highest BCUT2D eigenvalue weighted by Crippen LogP contribution is 2.18. The van der Waals surface area contributed by atoms with Gasteiger partial charge in [-0.1, -0.05) is 52.0 Å². The van der Waals surface area contributed by atoms with Gasteiger partial charge in [0.15, 0.2) is 0 Å². The van der Waals surface area contributed by atoms with Crippen LogP contribution in [0, 0.1) is 0 Å². The molecule has 0 aliphatic heterocycles. The molecule has 0 spiro atoms. The summed E-state index contributed by atoms with van der Waals surface area (Å²) in [5, 5.41) is 6.04. The summed E-state index contributed by atoms with van der Waals surface area (Å²) in [5.41, 5.74) is 1.62. The van der Waals surface area contributed by atoms with Crippen molar-refractivity contribution >= 4 is 17.3 Å². The normalized spacial score (nSPS) is 10.5. The summed E-state index contributed by atoms with van der Waals surface area (Å²) in [6.07, 6.45) is 8.25. The Labute approximate surface area is 181 Å². The fraction of sp³-hybridized carbons (Fsp3) is 0.480. The molecule has 0 atom stereocenters. The Morgan fingerprint density at radius 3 is 2.23 bits per heavy atom. The first-order valence-electron chi connectivity index (χ1n) is 11.2. The van der Waals surface area contributed by atoms with E-state index in [0.29, 0.717) is 6.61 Å². The van der Waals surface area contributed by atoms with E-state index in [-0.39, 0.29) is 12.5 Å². The van der Waals surface area contributed by atoms with E-state index in [1.165, 1.54) is 25.7 Å². The fourth-order valence-corrected chi connectivity index (χ4v) is 2.95. The average Bonchev–Trinajstić information content (AvgIpc) is 2.76. The molecular weight excluding hydrogens is 376 g/mol. The van der Waals surface area contributed by atoms with E-state index in [1.54, 1.807) is 0 Å². The second-order valence-electron chi connectivity index (χ2n) is 7.42. The summed E-state index contributed by atoms with van der Waals surface area (Å²) >= 11 is 0. The van der Waals surface area contributed by atoms with Gasteiger partial charge in [-0.25, -0.2) is 0 Å². The van der Waals surface area contributed by atoms with Gasteiger partial charge in [-0.2, -0.15) is 0 Å². The SMILES string of the molecule is CCCCCCCOc1ccc(NCC(=O)Nc2cccc(OCCCC)c2)cc1. The number of hydrogen-bond acceptors (Lipinski definition) is 4. The lowest BCUT2D eigenvalue weighted by Crippen LogP contribution is -2.21. The van der Waals surface area contributed by atoms with Gasteiger partial charge in [0.2, 0.25) is 5.91 Å². The lowest BCUT2D eigenvalue weighted by Gasteiger charge is -2.11. The first-order chi connectivity index (χ1) is 14.7. The van der Waals surface area contributed by atoms with E-state index in [4.69, 9.17) is 9.47 Å². The molecule has 5 nitrogen and oxygen atoms in total. The van der Waals surface area contributed by atoms with Gasteiger partial charge >= 0.3 is 0 Å². The Morgan fingerprint density at radius 1 is 0.767 bits per heavy atom. The van der Waals surface area contributed by atoms with E-state index < -0.39 is 0 Å². The van der Waals surface area contributed by atoms with E-state index in [2.05, 4.69) is 24.5 Å². The second kappa shape index (κ2) is 14.3. The summed E-state index contributed by atoms with van der Waals surface area (Å²) in [6.45, 7) is 5.98. The Morgan fingerprint density at radius 2 is 1.47 bits per heavy atom. The Balaban J connectivity index is 1.68. The molecule has 5 heteroatoms. The zero-order chi connectivity index (χ0) is 21.4. The number of carbonyl (C=O) groups excluding carboxylic acids is 1. The zero-order valence-electron chi connectivity index (χ0n) is 18.4. The number of carbonyl (C=O) groups is 1. The monoisotopic (exact) mass is 412 g/mol. The first-order valence-corrected chi connectivity index (χ1v) is 11.2. The molecule has 2 rings (SSSR count). The zero-order valence-corrected chi connectivity index (χ0v) is 18.4. The molecule has 164 valence electrons. The molecule has 0 heterocycles. The minimum Gasteiger partial charge on any atom is -0.494 e. The van der Waals surface area contributed by atoms with E-state index in [1.807, 2.05) is 48.5 Å². The highest BCUT2D eigenvalue weighted by atomic mass is 16.5. The molecule has 0 radical (unpaired) electrons. The average molecular weight is 413 g/mol. The number of nitrogens with one attached hydrogen (secondary N) is 2. The van der Waals surface area contributed by atoms with Crippen LogP contribution >= 0.6 is 0 Å². The van der Waals surface area contributed by atoms with Crippen molar-refractivity contribution in [2.24, 2.45) is 0 Å². The topological polar surface area (TPSA) is 59.6 Å². The predicted molar refractivity (Wildman–Crippen MR) is 125 cm³/mol. The van der Waals surface area contributed by atoms with Crippen molar-refractivity contribution in [1.29, 1.82) is 0 Å². The largest absolute Gasteiger partial charge is 0.494 e. The van der Waals surface area contributed by atoms with Gasteiger partial charge in [-0.05, 0) is 49.2 Å². The first kappa shape index (κ1) is 23.6. The van der Waals surface area contributed by atoms with Crippen LogP contribution < -0.4 is 20.1 Å². The molecule has 0 aliphatic rings. The number of amides is 1. The highest BCUT2D eigenvalue weighted by molar-refractivity contribution is 5.93.